The van der Waals surface area contributed by atoms with Gasteiger partial charge in [-0.05, 0) is 44.1 Å². The van der Waals surface area contributed by atoms with Crippen LogP contribution in [0.3, 0.4) is 0 Å². The second-order valence-electron chi connectivity index (χ2n) is 5.83. The first-order valence-electron chi connectivity index (χ1n) is 7.80. The average Bonchev–Trinajstić information content (AvgIpc) is 3.22. The first-order chi connectivity index (χ1) is 11.9. The number of aryl methyl sites for hydroxylation is 1. The van der Waals surface area contributed by atoms with E-state index >= 15 is 0 Å². The SMILES string of the molecule is Cc1noc(C=Cc2ccco2)c1S(=O)(=O)N1CCC(C(=O)O)CC1. The fourth-order valence-corrected chi connectivity index (χ4v) is 4.53. The zero-order valence-corrected chi connectivity index (χ0v) is 14.4. The van der Waals surface area contributed by atoms with E-state index in [9.17, 15) is 13.2 Å². The lowest BCUT2D eigenvalue weighted by Crippen LogP contribution is -2.40. The lowest BCUT2D eigenvalue weighted by molar-refractivity contribution is -0.142. The van der Waals surface area contributed by atoms with Gasteiger partial charge in [-0.25, -0.2) is 8.42 Å². The maximum absolute atomic E-state index is 12.9. The molecule has 2 aromatic rings. The number of furan rings is 1. The number of carboxylic acid groups (broad SMARTS) is 1. The number of nitrogens with zero attached hydrogens (tertiary/aromatic N) is 2. The van der Waals surface area contributed by atoms with Crippen molar-refractivity contribution >= 4 is 28.1 Å². The molecule has 0 aliphatic carbocycles. The van der Waals surface area contributed by atoms with Crippen molar-refractivity contribution in [2.24, 2.45) is 5.92 Å². The summed E-state index contributed by atoms with van der Waals surface area (Å²) in [5.41, 5.74) is 0.263. The Morgan fingerprint density at radius 3 is 2.68 bits per heavy atom. The zero-order chi connectivity index (χ0) is 18.0. The van der Waals surface area contributed by atoms with Gasteiger partial charge >= 0.3 is 5.97 Å². The molecule has 1 saturated heterocycles. The zero-order valence-electron chi connectivity index (χ0n) is 13.6. The average molecular weight is 366 g/mol. The number of piperidine rings is 1. The van der Waals surface area contributed by atoms with Gasteiger partial charge in [0.1, 0.15) is 11.5 Å². The molecule has 0 atom stereocenters. The Kier molecular flexibility index (Phi) is 4.78. The van der Waals surface area contributed by atoms with Crippen LogP contribution in [-0.4, -0.2) is 42.0 Å². The molecule has 0 amide bonds. The van der Waals surface area contributed by atoms with Gasteiger partial charge < -0.3 is 14.0 Å². The van der Waals surface area contributed by atoms with E-state index < -0.39 is 21.9 Å². The lowest BCUT2D eigenvalue weighted by Gasteiger charge is -2.29. The Hall–Kier alpha value is -2.39. The van der Waals surface area contributed by atoms with E-state index in [1.165, 1.54) is 16.6 Å². The number of aliphatic carboxylic acids is 1. The van der Waals surface area contributed by atoms with Crippen LogP contribution >= 0.6 is 0 Å². The second kappa shape index (κ2) is 6.85. The van der Waals surface area contributed by atoms with Crippen molar-refractivity contribution in [2.45, 2.75) is 24.7 Å². The first-order valence-corrected chi connectivity index (χ1v) is 9.24. The summed E-state index contributed by atoms with van der Waals surface area (Å²) in [5.74, 6) is -0.720. The van der Waals surface area contributed by atoms with E-state index in [1.54, 1.807) is 25.1 Å². The summed E-state index contributed by atoms with van der Waals surface area (Å²) in [7, 11) is -3.82. The molecular weight excluding hydrogens is 348 g/mol. The topological polar surface area (TPSA) is 114 Å². The van der Waals surface area contributed by atoms with Crippen molar-refractivity contribution in [1.82, 2.24) is 9.46 Å². The third-order valence-corrected chi connectivity index (χ3v) is 6.23. The second-order valence-corrected chi connectivity index (χ2v) is 7.70. The Morgan fingerprint density at radius 1 is 1.36 bits per heavy atom. The molecule has 8 nitrogen and oxygen atoms in total. The molecule has 2 aromatic heterocycles. The summed E-state index contributed by atoms with van der Waals surface area (Å²) in [6.07, 6.45) is 5.17. The highest BCUT2D eigenvalue weighted by Gasteiger charge is 2.35. The molecule has 0 aromatic carbocycles. The Balaban J connectivity index is 1.85. The van der Waals surface area contributed by atoms with Gasteiger partial charge in [-0.1, -0.05) is 5.16 Å². The molecule has 9 heteroatoms. The number of sulfonamides is 1. The van der Waals surface area contributed by atoms with Crippen molar-refractivity contribution < 1.29 is 27.3 Å². The van der Waals surface area contributed by atoms with Crippen LogP contribution in [0.25, 0.3) is 12.2 Å². The predicted molar refractivity (Wildman–Crippen MR) is 88.0 cm³/mol. The monoisotopic (exact) mass is 366 g/mol. The van der Waals surface area contributed by atoms with Gasteiger partial charge in [-0.15, -0.1) is 0 Å². The third-order valence-electron chi connectivity index (χ3n) is 4.18. The minimum absolute atomic E-state index is 0.00378. The van der Waals surface area contributed by atoms with Crippen LogP contribution in [0.15, 0.2) is 32.2 Å². The van der Waals surface area contributed by atoms with Gasteiger partial charge in [0.15, 0.2) is 10.7 Å². The van der Waals surface area contributed by atoms with Gasteiger partial charge in [0, 0.05) is 13.1 Å². The molecule has 1 N–H and O–H groups in total. The molecule has 0 bridgehead atoms. The molecule has 0 radical (unpaired) electrons. The van der Waals surface area contributed by atoms with Gasteiger partial charge in [-0.3, -0.25) is 4.79 Å². The maximum atomic E-state index is 12.9. The minimum atomic E-state index is -3.82. The molecule has 3 heterocycles. The van der Waals surface area contributed by atoms with Gasteiger partial charge in [0.05, 0.1) is 12.2 Å². The van der Waals surface area contributed by atoms with Gasteiger partial charge in [0.2, 0.25) is 10.0 Å². The van der Waals surface area contributed by atoms with E-state index in [4.69, 9.17) is 14.0 Å². The summed E-state index contributed by atoms with van der Waals surface area (Å²) < 4.78 is 37.5. The van der Waals surface area contributed by atoms with Crippen LogP contribution in [0.4, 0.5) is 0 Å². The molecule has 134 valence electrons. The largest absolute Gasteiger partial charge is 0.481 e. The molecule has 0 unspecified atom stereocenters. The van der Waals surface area contributed by atoms with Crippen molar-refractivity contribution in [1.29, 1.82) is 0 Å². The smallest absolute Gasteiger partial charge is 0.306 e. The maximum Gasteiger partial charge on any atom is 0.306 e. The Labute approximate surface area is 144 Å². The molecule has 25 heavy (non-hydrogen) atoms. The quantitative estimate of drug-likeness (QED) is 0.863. The van der Waals surface area contributed by atoms with Crippen molar-refractivity contribution in [2.75, 3.05) is 13.1 Å². The molecule has 3 rings (SSSR count). The highest BCUT2D eigenvalue weighted by Crippen LogP contribution is 2.29. The van der Waals surface area contributed by atoms with E-state index in [0.717, 1.165) is 0 Å². The normalized spacial score (nSPS) is 17.3. The minimum Gasteiger partial charge on any atom is -0.481 e. The Bertz CT molecular complexity index is 874. The predicted octanol–water partition coefficient (Wildman–Crippen LogP) is 2.23. The number of hydrogen-bond donors (Lipinski definition) is 1. The van der Waals surface area contributed by atoms with E-state index in [1.807, 2.05) is 0 Å². The number of aromatic nitrogens is 1. The number of hydrogen-bond acceptors (Lipinski definition) is 6. The van der Waals surface area contributed by atoms with Crippen LogP contribution in [0, 0.1) is 12.8 Å². The molecular formula is C16H18N2O6S. The van der Waals surface area contributed by atoms with Crippen LogP contribution in [0.2, 0.25) is 0 Å². The summed E-state index contributed by atoms with van der Waals surface area (Å²) in [6, 6.07) is 3.44. The molecule has 1 fully saturated rings. The van der Waals surface area contributed by atoms with E-state index in [-0.39, 0.29) is 42.3 Å². The van der Waals surface area contributed by atoms with Crippen molar-refractivity contribution in [3.05, 3.63) is 35.6 Å². The van der Waals surface area contributed by atoms with Crippen LogP contribution < -0.4 is 0 Å². The number of carbonyl (C=O) groups is 1. The highest BCUT2D eigenvalue weighted by atomic mass is 32.2. The lowest BCUT2D eigenvalue weighted by atomic mass is 9.99. The molecule has 0 saturated carbocycles. The van der Waals surface area contributed by atoms with Gasteiger partial charge in [0.25, 0.3) is 0 Å². The third kappa shape index (κ3) is 3.52. The molecule has 0 spiro atoms. The Morgan fingerprint density at radius 2 is 2.08 bits per heavy atom. The number of rotatable bonds is 5. The van der Waals surface area contributed by atoms with Crippen molar-refractivity contribution in [3.63, 3.8) is 0 Å². The fourth-order valence-electron chi connectivity index (χ4n) is 2.81. The first kappa shape index (κ1) is 17.4. The standard InChI is InChI=1S/C16H18N2O6S/c1-11-15(14(24-17-11)5-4-13-3-2-10-23-13)25(21,22)18-8-6-12(7-9-18)16(19)20/h2-5,10,12H,6-9H2,1H3,(H,19,20). The number of carboxylic acids is 1. The van der Waals surface area contributed by atoms with Gasteiger partial charge in [-0.2, -0.15) is 4.31 Å². The van der Waals surface area contributed by atoms with Crippen LogP contribution in [0.5, 0.6) is 0 Å². The van der Waals surface area contributed by atoms with Crippen LogP contribution in [-0.2, 0) is 14.8 Å². The summed E-state index contributed by atoms with van der Waals surface area (Å²) >= 11 is 0. The fraction of sp³-hybridized carbons (Fsp3) is 0.375. The van der Waals surface area contributed by atoms with E-state index in [2.05, 4.69) is 5.16 Å². The summed E-state index contributed by atoms with van der Waals surface area (Å²) in [5, 5.41) is 12.8. The summed E-state index contributed by atoms with van der Waals surface area (Å²) in [4.78, 5) is 11.0. The molecule has 1 aliphatic rings. The highest BCUT2D eigenvalue weighted by molar-refractivity contribution is 7.89. The summed E-state index contributed by atoms with van der Waals surface area (Å²) in [6.45, 7) is 1.88. The molecule has 1 aliphatic heterocycles. The van der Waals surface area contributed by atoms with E-state index in [0.29, 0.717) is 5.76 Å². The van der Waals surface area contributed by atoms with Crippen molar-refractivity contribution in [3.8, 4) is 0 Å². The van der Waals surface area contributed by atoms with Crippen LogP contribution in [0.1, 0.15) is 30.1 Å².